The van der Waals surface area contributed by atoms with Gasteiger partial charge in [-0.15, -0.1) is 0 Å². The van der Waals surface area contributed by atoms with Gasteiger partial charge < -0.3 is 10.0 Å². The standard InChI is InChI=1S/C19H20N2O4S/c1-4-15-17-13(3)6-5-7-16(17)21(20)18(15)19(22)25-26(23,24)14-10-8-12(2)9-11-14/h5-11H,4,20H2,1-3H3. The molecule has 0 saturated carbocycles. The van der Waals surface area contributed by atoms with E-state index in [1.807, 2.05) is 32.9 Å². The van der Waals surface area contributed by atoms with Crippen LogP contribution in [0.3, 0.4) is 0 Å². The zero-order valence-corrected chi connectivity index (χ0v) is 15.6. The number of carbonyl (C=O) groups excluding carboxylic acids is 1. The Kier molecular flexibility index (Phi) is 4.50. The molecule has 0 bridgehead atoms. The highest BCUT2D eigenvalue weighted by Crippen LogP contribution is 2.29. The number of nitrogens with two attached hydrogens (primary N) is 1. The lowest BCUT2D eigenvalue weighted by atomic mass is 10.0. The molecule has 136 valence electrons. The fraction of sp³-hybridized carbons (Fsp3) is 0.211. The second kappa shape index (κ2) is 6.49. The molecule has 0 amide bonds. The van der Waals surface area contributed by atoms with E-state index in [9.17, 15) is 13.2 Å². The number of aromatic nitrogens is 1. The van der Waals surface area contributed by atoms with Crippen molar-refractivity contribution in [1.29, 1.82) is 0 Å². The molecule has 0 unspecified atom stereocenters. The number of fused-ring (bicyclic) bond motifs is 1. The summed E-state index contributed by atoms with van der Waals surface area (Å²) in [6.07, 6.45) is 0.514. The largest absolute Gasteiger partial charge is 0.372 e. The van der Waals surface area contributed by atoms with Crippen molar-refractivity contribution in [3.63, 3.8) is 0 Å². The second-order valence-electron chi connectivity index (χ2n) is 6.16. The van der Waals surface area contributed by atoms with Gasteiger partial charge in [-0.1, -0.05) is 36.8 Å². The van der Waals surface area contributed by atoms with E-state index >= 15 is 0 Å². The lowest BCUT2D eigenvalue weighted by Gasteiger charge is -2.08. The third-order valence-corrected chi connectivity index (χ3v) is 5.60. The van der Waals surface area contributed by atoms with Gasteiger partial charge in [-0.2, -0.15) is 8.42 Å². The first-order chi connectivity index (χ1) is 12.3. The summed E-state index contributed by atoms with van der Waals surface area (Å²) in [6, 6.07) is 11.6. The van der Waals surface area contributed by atoms with Crippen molar-refractivity contribution in [2.45, 2.75) is 32.1 Å². The van der Waals surface area contributed by atoms with E-state index < -0.39 is 16.1 Å². The van der Waals surface area contributed by atoms with Crippen LogP contribution in [0.15, 0.2) is 47.4 Å². The maximum Gasteiger partial charge on any atom is 0.372 e. The molecule has 0 fully saturated rings. The van der Waals surface area contributed by atoms with Gasteiger partial charge in [0.15, 0.2) is 5.69 Å². The van der Waals surface area contributed by atoms with Crippen LogP contribution in [-0.4, -0.2) is 19.1 Å². The summed E-state index contributed by atoms with van der Waals surface area (Å²) in [6.45, 7) is 5.64. The average molecular weight is 372 g/mol. The molecule has 7 heteroatoms. The van der Waals surface area contributed by atoms with Crippen molar-refractivity contribution in [2.24, 2.45) is 0 Å². The summed E-state index contributed by atoms with van der Waals surface area (Å²) in [5.74, 6) is 5.10. The molecule has 0 aliphatic carbocycles. The fourth-order valence-electron chi connectivity index (χ4n) is 3.09. The Morgan fingerprint density at radius 1 is 1.12 bits per heavy atom. The quantitative estimate of drug-likeness (QED) is 0.561. The van der Waals surface area contributed by atoms with Crippen LogP contribution in [0.2, 0.25) is 0 Å². The van der Waals surface area contributed by atoms with E-state index in [0.29, 0.717) is 17.5 Å². The minimum Gasteiger partial charge on any atom is -0.338 e. The van der Waals surface area contributed by atoms with Gasteiger partial charge in [-0.05, 0) is 49.6 Å². The van der Waals surface area contributed by atoms with Gasteiger partial charge >= 0.3 is 16.1 Å². The summed E-state index contributed by atoms with van der Waals surface area (Å²) < 4.78 is 30.9. The monoisotopic (exact) mass is 372 g/mol. The molecule has 0 saturated heterocycles. The molecule has 0 radical (unpaired) electrons. The molecule has 6 nitrogen and oxygen atoms in total. The minimum atomic E-state index is -4.23. The van der Waals surface area contributed by atoms with Gasteiger partial charge in [0.25, 0.3) is 0 Å². The maximum absolute atomic E-state index is 12.7. The molecule has 0 atom stereocenters. The van der Waals surface area contributed by atoms with Crippen LogP contribution in [0.5, 0.6) is 0 Å². The molecule has 0 aliphatic heterocycles. The van der Waals surface area contributed by atoms with Gasteiger partial charge in [0.2, 0.25) is 0 Å². The van der Waals surface area contributed by atoms with Crippen molar-refractivity contribution >= 4 is 27.0 Å². The molecule has 3 aromatic rings. The van der Waals surface area contributed by atoms with E-state index in [1.54, 1.807) is 18.2 Å². The topological polar surface area (TPSA) is 91.4 Å². The van der Waals surface area contributed by atoms with Gasteiger partial charge in [0.1, 0.15) is 4.90 Å². The molecule has 2 N–H and O–H groups in total. The van der Waals surface area contributed by atoms with Crippen LogP contribution in [0, 0.1) is 13.8 Å². The summed E-state index contributed by atoms with van der Waals surface area (Å²) in [5, 5.41) is 0.845. The predicted octanol–water partition coefficient (Wildman–Crippen LogP) is 3.08. The van der Waals surface area contributed by atoms with Crippen LogP contribution >= 0.6 is 0 Å². The van der Waals surface area contributed by atoms with Crippen LogP contribution in [0.25, 0.3) is 10.9 Å². The molecule has 2 aromatic carbocycles. The van der Waals surface area contributed by atoms with E-state index in [1.165, 1.54) is 16.8 Å². The molecule has 26 heavy (non-hydrogen) atoms. The molecule has 1 heterocycles. The normalized spacial score (nSPS) is 11.7. The van der Waals surface area contributed by atoms with Crippen molar-refractivity contribution < 1.29 is 17.4 Å². The van der Waals surface area contributed by atoms with Crippen LogP contribution in [0.4, 0.5) is 0 Å². The molecule has 3 rings (SSSR count). The molecule has 0 aliphatic rings. The van der Waals surface area contributed by atoms with E-state index in [4.69, 9.17) is 10.0 Å². The summed E-state index contributed by atoms with van der Waals surface area (Å²) in [5.41, 5.74) is 3.24. The van der Waals surface area contributed by atoms with Crippen molar-refractivity contribution in [2.75, 3.05) is 5.84 Å². The number of carbonyl (C=O) groups is 1. The van der Waals surface area contributed by atoms with Crippen LogP contribution in [-0.2, 0) is 20.7 Å². The number of benzene rings is 2. The highest BCUT2D eigenvalue weighted by atomic mass is 32.2. The van der Waals surface area contributed by atoms with Gasteiger partial charge in [-0.25, -0.2) is 4.79 Å². The highest BCUT2D eigenvalue weighted by Gasteiger charge is 2.28. The summed E-state index contributed by atoms with van der Waals surface area (Å²) in [4.78, 5) is 12.6. The number of hydrogen-bond acceptors (Lipinski definition) is 5. The maximum atomic E-state index is 12.7. The van der Waals surface area contributed by atoms with Crippen LogP contribution < -0.4 is 5.84 Å². The van der Waals surface area contributed by atoms with Crippen molar-refractivity contribution in [3.05, 3.63) is 64.8 Å². The Morgan fingerprint density at radius 3 is 2.38 bits per heavy atom. The summed E-state index contributed by atoms with van der Waals surface area (Å²) >= 11 is 0. The predicted molar refractivity (Wildman–Crippen MR) is 100.0 cm³/mol. The average Bonchev–Trinajstić information content (AvgIpc) is 2.88. The second-order valence-corrected chi connectivity index (χ2v) is 7.70. The van der Waals surface area contributed by atoms with E-state index in [-0.39, 0.29) is 10.6 Å². The molecule has 0 spiro atoms. The Bertz CT molecular complexity index is 1100. The highest BCUT2D eigenvalue weighted by molar-refractivity contribution is 7.87. The third-order valence-electron chi connectivity index (χ3n) is 4.38. The molecular weight excluding hydrogens is 352 g/mol. The zero-order valence-electron chi connectivity index (χ0n) is 14.8. The molecular formula is C19H20N2O4S. The number of nitrogens with zero attached hydrogens (tertiary/aromatic N) is 1. The zero-order chi connectivity index (χ0) is 19.1. The first kappa shape index (κ1) is 18.0. The summed E-state index contributed by atoms with van der Waals surface area (Å²) in [7, 11) is -4.23. The van der Waals surface area contributed by atoms with Crippen molar-refractivity contribution in [1.82, 2.24) is 4.68 Å². The smallest absolute Gasteiger partial charge is 0.338 e. The van der Waals surface area contributed by atoms with Crippen molar-refractivity contribution in [3.8, 4) is 0 Å². The SMILES string of the molecule is CCc1c(C(=O)OS(=O)(=O)c2ccc(C)cc2)n(N)c2cccc(C)c12. The lowest BCUT2D eigenvalue weighted by Crippen LogP contribution is -2.22. The fourth-order valence-corrected chi connectivity index (χ4v) is 3.93. The van der Waals surface area contributed by atoms with E-state index in [0.717, 1.165) is 16.5 Å². The Hall–Kier alpha value is -2.80. The van der Waals surface area contributed by atoms with E-state index in [2.05, 4.69) is 0 Å². The van der Waals surface area contributed by atoms with Gasteiger partial charge in [0.05, 0.1) is 5.52 Å². The van der Waals surface area contributed by atoms with Gasteiger partial charge in [-0.3, -0.25) is 4.68 Å². The Morgan fingerprint density at radius 2 is 1.77 bits per heavy atom. The number of rotatable bonds is 4. The first-order valence-corrected chi connectivity index (χ1v) is 9.60. The lowest BCUT2D eigenvalue weighted by molar-refractivity contribution is 0.0737. The van der Waals surface area contributed by atoms with Crippen LogP contribution in [0.1, 0.15) is 34.1 Å². The minimum absolute atomic E-state index is 0.0486. The third kappa shape index (κ3) is 2.94. The Balaban J connectivity index is 2.07. The Labute approximate surface area is 152 Å². The number of hydrogen-bond donors (Lipinski definition) is 1. The number of nitrogen functional groups attached to an aromatic ring is 1. The first-order valence-electron chi connectivity index (χ1n) is 8.19. The van der Waals surface area contributed by atoms with Gasteiger partial charge in [0, 0.05) is 5.39 Å². The molecule has 1 aromatic heterocycles. The number of aryl methyl sites for hydroxylation is 3.